The average molecular weight is 316 g/mol. The predicted molar refractivity (Wildman–Crippen MR) is 92.8 cm³/mol. The molecule has 22 heavy (non-hydrogen) atoms. The van der Waals surface area contributed by atoms with Gasteiger partial charge in [-0.1, -0.05) is 27.7 Å². The zero-order chi connectivity index (χ0) is 18.1. The minimum Gasteiger partial charge on any atom is -0.346 e. The maximum Gasteiger partial charge on any atom is 0.222 e. The molecule has 0 heterocycles. The molecule has 0 aliphatic carbocycles. The molecule has 0 fully saturated rings. The zero-order valence-corrected chi connectivity index (χ0v) is 15.9. The van der Waals surface area contributed by atoms with Gasteiger partial charge in [-0.05, 0) is 13.8 Å². The third-order valence-corrected chi connectivity index (χ3v) is 3.19. The zero-order valence-electron chi connectivity index (χ0n) is 15.9. The summed E-state index contributed by atoms with van der Waals surface area (Å²) in [5.41, 5.74) is 0. The van der Waals surface area contributed by atoms with Crippen molar-refractivity contribution < 1.29 is 14.4 Å². The molecule has 0 radical (unpaired) electrons. The van der Waals surface area contributed by atoms with E-state index < -0.39 is 0 Å². The lowest BCUT2D eigenvalue weighted by Crippen LogP contribution is -2.24. The number of hydrogen-bond donors (Lipinski definition) is 0. The molecular formula is C17H36N2O3. The Morgan fingerprint density at radius 2 is 0.864 bits per heavy atom. The van der Waals surface area contributed by atoms with Crippen LogP contribution >= 0.6 is 0 Å². The van der Waals surface area contributed by atoms with E-state index in [1.807, 2.05) is 55.6 Å². The quantitative estimate of drug-likeness (QED) is 0.756. The van der Waals surface area contributed by atoms with Gasteiger partial charge in [-0.15, -0.1) is 0 Å². The number of amides is 2. The Morgan fingerprint density at radius 3 is 0.909 bits per heavy atom. The monoisotopic (exact) mass is 316 g/mol. The molecule has 0 rings (SSSR count). The summed E-state index contributed by atoms with van der Waals surface area (Å²) in [6, 6.07) is 0. The molecule has 0 aliphatic rings. The molecule has 5 heteroatoms. The van der Waals surface area contributed by atoms with E-state index in [1.54, 1.807) is 9.80 Å². The Hall–Kier alpha value is -1.39. The number of hydrogen-bond acceptors (Lipinski definition) is 3. The summed E-state index contributed by atoms with van der Waals surface area (Å²) in [4.78, 5) is 34.9. The molecular weight excluding hydrogens is 280 g/mol. The van der Waals surface area contributed by atoms with Crippen molar-refractivity contribution in [3.05, 3.63) is 0 Å². The van der Waals surface area contributed by atoms with E-state index in [9.17, 15) is 14.4 Å². The number of ketones is 1. The molecule has 5 nitrogen and oxygen atoms in total. The minimum absolute atomic E-state index is 0.215. The van der Waals surface area contributed by atoms with E-state index in [4.69, 9.17) is 0 Å². The van der Waals surface area contributed by atoms with Crippen molar-refractivity contribution in [3.63, 3.8) is 0 Å². The molecule has 0 aromatic rings. The van der Waals surface area contributed by atoms with Gasteiger partial charge in [0, 0.05) is 52.9 Å². The maximum atomic E-state index is 10.7. The van der Waals surface area contributed by atoms with E-state index >= 15 is 0 Å². The molecule has 0 N–H and O–H groups in total. The van der Waals surface area contributed by atoms with E-state index in [0.29, 0.717) is 31.5 Å². The first-order valence-corrected chi connectivity index (χ1v) is 8.24. The van der Waals surface area contributed by atoms with Gasteiger partial charge in [-0.25, -0.2) is 0 Å². The average Bonchev–Trinajstić information content (AvgIpc) is 2.58. The number of carbonyl (C=O) groups is 3. The molecule has 0 unspecified atom stereocenters. The van der Waals surface area contributed by atoms with Crippen LogP contribution in [0.15, 0.2) is 0 Å². The van der Waals surface area contributed by atoms with Gasteiger partial charge in [0.15, 0.2) is 0 Å². The summed E-state index contributed by atoms with van der Waals surface area (Å²) < 4.78 is 0. The predicted octanol–water partition coefficient (Wildman–Crippen LogP) is 3.12. The minimum atomic E-state index is 0.215. The van der Waals surface area contributed by atoms with Gasteiger partial charge < -0.3 is 9.80 Å². The van der Waals surface area contributed by atoms with Gasteiger partial charge in [0.05, 0.1) is 0 Å². The van der Waals surface area contributed by atoms with Crippen LogP contribution in [-0.4, -0.2) is 54.6 Å². The van der Waals surface area contributed by atoms with Crippen LogP contribution in [0.5, 0.6) is 0 Å². The van der Waals surface area contributed by atoms with Crippen molar-refractivity contribution in [2.75, 3.05) is 27.2 Å². The van der Waals surface area contributed by atoms with Crippen molar-refractivity contribution in [1.29, 1.82) is 0 Å². The number of nitrogens with zero attached hydrogens (tertiary/aromatic N) is 2. The van der Waals surface area contributed by atoms with Gasteiger partial charge in [0.25, 0.3) is 0 Å². The molecule has 0 aromatic heterocycles. The third kappa shape index (κ3) is 16.7. The molecule has 2 amide bonds. The highest BCUT2D eigenvalue weighted by atomic mass is 16.2. The molecule has 0 atom stereocenters. The molecule has 0 bridgehead atoms. The fourth-order valence-electron chi connectivity index (χ4n) is 1.14. The number of carbonyl (C=O) groups excluding carboxylic acids is 3. The summed E-state index contributed by atoms with van der Waals surface area (Å²) in [5, 5.41) is 0. The van der Waals surface area contributed by atoms with Gasteiger partial charge in [-0.3, -0.25) is 14.4 Å². The topological polar surface area (TPSA) is 57.7 Å². The third-order valence-electron chi connectivity index (χ3n) is 3.19. The van der Waals surface area contributed by atoms with Crippen LogP contribution < -0.4 is 0 Å². The standard InChI is InChI=1S/2C6H13NO.C5H10O/c2*1-4-6(8)7(3)5-2;1-3-5(6)4-2/h2*4-5H2,1-3H3;3-4H2,1-2H3. The van der Waals surface area contributed by atoms with Crippen molar-refractivity contribution in [3.8, 4) is 0 Å². The van der Waals surface area contributed by atoms with Crippen molar-refractivity contribution in [2.45, 2.75) is 67.2 Å². The second-order valence-electron chi connectivity index (χ2n) is 4.77. The normalized spacial score (nSPS) is 8.73. The van der Waals surface area contributed by atoms with Crippen LogP contribution in [0.1, 0.15) is 67.2 Å². The van der Waals surface area contributed by atoms with Crippen LogP contribution in [0.4, 0.5) is 0 Å². The van der Waals surface area contributed by atoms with E-state index in [2.05, 4.69) is 0 Å². The molecule has 0 saturated heterocycles. The van der Waals surface area contributed by atoms with Crippen LogP contribution in [-0.2, 0) is 14.4 Å². The molecule has 0 aromatic carbocycles. The van der Waals surface area contributed by atoms with Gasteiger partial charge in [-0.2, -0.15) is 0 Å². The van der Waals surface area contributed by atoms with Crippen molar-refractivity contribution in [2.24, 2.45) is 0 Å². The SMILES string of the molecule is CCC(=O)CC.CCC(=O)N(C)CC.CCC(=O)N(C)CC. The Bertz CT molecular complexity index is 276. The van der Waals surface area contributed by atoms with Crippen molar-refractivity contribution >= 4 is 17.6 Å². The molecule has 0 aliphatic heterocycles. The first-order chi connectivity index (χ1) is 10.2. The van der Waals surface area contributed by atoms with Crippen LogP contribution in [0, 0.1) is 0 Å². The van der Waals surface area contributed by atoms with Crippen LogP contribution in [0.2, 0.25) is 0 Å². The van der Waals surface area contributed by atoms with Gasteiger partial charge in [0.2, 0.25) is 11.8 Å². The lowest BCUT2D eigenvalue weighted by Gasteiger charge is -2.11. The fourth-order valence-corrected chi connectivity index (χ4v) is 1.14. The number of rotatable bonds is 6. The first-order valence-electron chi connectivity index (χ1n) is 8.24. The lowest BCUT2D eigenvalue weighted by molar-refractivity contribution is -0.130. The Balaban J connectivity index is -0.000000249. The highest BCUT2D eigenvalue weighted by Gasteiger charge is 2.00. The molecule has 0 spiro atoms. The Kier molecular flexibility index (Phi) is 20.5. The highest BCUT2D eigenvalue weighted by molar-refractivity contribution is 5.77. The second kappa shape index (κ2) is 17.7. The molecule has 132 valence electrons. The summed E-state index contributed by atoms with van der Waals surface area (Å²) in [5.74, 6) is 0.773. The summed E-state index contributed by atoms with van der Waals surface area (Å²) in [6.45, 7) is 13.1. The maximum absolute atomic E-state index is 10.7. The highest BCUT2D eigenvalue weighted by Crippen LogP contribution is 1.87. The molecule has 0 saturated carbocycles. The second-order valence-corrected chi connectivity index (χ2v) is 4.77. The Morgan fingerprint density at radius 1 is 0.591 bits per heavy atom. The Labute approximate surface area is 137 Å². The van der Waals surface area contributed by atoms with Crippen LogP contribution in [0.25, 0.3) is 0 Å². The van der Waals surface area contributed by atoms with E-state index in [0.717, 1.165) is 13.1 Å². The smallest absolute Gasteiger partial charge is 0.222 e. The summed E-state index contributed by atoms with van der Waals surface area (Å²) in [6.07, 6.45) is 2.61. The van der Waals surface area contributed by atoms with Crippen LogP contribution in [0.3, 0.4) is 0 Å². The van der Waals surface area contributed by atoms with Crippen molar-refractivity contribution in [1.82, 2.24) is 9.80 Å². The summed E-state index contributed by atoms with van der Waals surface area (Å²) >= 11 is 0. The summed E-state index contributed by atoms with van der Waals surface area (Å²) in [7, 11) is 3.62. The number of Topliss-reactive ketones (excluding diaryl/α,β-unsaturated/α-hetero) is 1. The van der Waals surface area contributed by atoms with Gasteiger partial charge >= 0.3 is 0 Å². The lowest BCUT2D eigenvalue weighted by atomic mass is 10.3. The van der Waals surface area contributed by atoms with Gasteiger partial charge in [0.1, 0.15) is 5.78 Å². The van der Waals surface area contributed by atoms with E-state index in [1.165, 1.54) is 0 Å². The largest absolute Gasteiger partial charge is 0.346 e. The first kappa shape index (κ1) is 25.6. The van der Waals surface area contributed by atoms with E-state index in [-0.39, 0.29) is 11.8 Å². The fraction of sp³-hybridized carbons (Fsp3) is 0.824.